The average Bonchev–Trinajstić information content (AvgIpc) is 2.30. The fraction of sp³-hybridized carbons (Fsp3) is 0.333. The quantitative estimate of drug-likeness (QED) is 0.787. The van der Waals surface area contributed by atoms with Gasteiger partial charge in [-0.25, -0.2) is 4.79 Å². The zero-order chi connectivity index (χ0) is 12.7. The van der Waals surface area contributed by atoms with Crippen LogP contribution in [0.25, 0.3) is 0 Å². The molecule has 0 saturated heterocycles. The second kappa shape index (κ2) is 6.65. The first kappa shape index (κ1) is 13.2. The molecule has 5 nitrogen and oxygen atoms in total. The zero-order valence-corrected chi connectivity index (χ0v) is 9.76. The van der Waals surface area contributed by atoms with Crippen molar-refractivity contribution in [2.45, 2.75) is 19.3 Å². The normalized spacial score (nSPS) is 9.94. The molecule has 1 aromatic carbocycles. The predicted molar refractivity (Wildman–Crippen MR) is 62.8 cm³/mol. The molecule has 0 bridgehead atoms. The molecule has 1 rings (SSSR count). The minimum Gasteiger partial charge on any atom is -0.349 e. The summed E-state index contributed by atoms with van der Waals surface area (Å²) in [6.07, 6.45) is 1.66. The molecule has 0 aliphatic heterocycles. The lowest BCUT2D eigenvalue weighted by molar-refractivity contribution is -0.159. The van der Waals surface area contributed by atoms with Crippen molar-refractivity contribution in [1.82, 2.24) is 5.06 Å². The largest absolute Gasteiger partial charge is 0.349 e. The number of primary amides is 1. The van der Waals surface area contributed by atoms with E-state index >= 15 is 0 Å². The van der Waals surface area contributed by atoms with Crippen LogP contribution < -0.4 is 5.73 Å². The van der Waals surface area contributed by atoms with Gasteiger partial charge < -0.3 is 5.73 Å². The van der Waals surface area contributed by atoms with Gasteiger partial charge >= 0.3 is 6.03 Å². The van der Waals surface area contributed by atoms with Crippen LogP contribution in [0.5, 0.6) is 0 Å². The first-order valence-electron chi connectivity index (χ1n) is 5.35. The first-order chi connectivity index (χ1) is 8.15. The molecule has 5 heteroatoms. The summed E-state index contributed by atoms with van der Waals surface area (Å²) < 4.78 is 0. The number of hydrogen-bond donors (Lipinski definition) is 1. The maximum absolute atomic E-state index is 11.5. The van der Waals surface area contributed by atoms with E-state index in [4.69, 9.17) is 5.73 Å². The highest BCUT2D eigenvalue weighted by molar-refractivity contribution is 5.92. The molecule has 0 heterocycles. The minimum atomic E-state index is -0.891. The molecular weight excluding hydrogens is 220 g/mol. The van der Waals surface area contributed by atoms with Gasteiger partial charge in [-0.3, -0.25) is 9.63 Å². The molecule has 0 aliphatic carbocycles. The number of hydrogen-bond acceptors (Lipinski definition) is 3. The number of nitrogens with zero attached hydrogens (tertiary/aromatic N) is 1. The Morgan fingerprint density at radius 1 is 1.29 bits per heavy atom. The van der Waals surface area contributed by atoms with E-state index in [0.29, 0.717) is 11.5 Å². The minimum absolute atomic E-state index is 0.228. The van der Waals surface area contributed by atoms with E-state index < -0.39 is 11.9 Å². The summed E-state index contributed by atoms with van der Waals surface area (Å²) in [4.78, 5) is 26.9. The van der Waals surface area contributed by atoms with Crippen molar-refractivity contribution in [3.8, 4) is 0 Å². The number of urea groups is 1. The molecule has 3 amide bonds. The molecule has 0 aromatic heterocycles. The number of rotatable bonds is 5. The zero-order valence-electron chi connectivity index (χ0n) is 9.76. The lowest BCUT2D eigenvalue weighted by atomic mass is 10.1. The van der Waals surface area contributed by atoms with Crippen LogP contribution in [0.3, 0.4) is 0 Å². The van der Waals surface area contributed by atoms with Gasteiger partial charge in [-0.1, -0.05) is 30.3 Å². The van der Waals surface area contributed by atoms with Gasteiger partial charge in [0.2, 0.25) is 0 Å². The molecule has 0 spiro atoms. The van der Waals surface area contributed by atoms with E-state index in [2.05, 4.69) is 4.84 Å². The second-order valence-corrected chi connectivity index (χ2v) is 3.55. The lowest BCUT2D eigenvalue weighted by Gasteiger charge is -2.14. The van der Waals surface area contributed by atoms with Crippen LogP contribution >= 0.6 is 0 Å². The number of nitrogens with two attached hydrogens (primary N) is 1. The molecule has 0 aliphatic rings. The van der Waals surface area contributed by atoms with Crippen LogP contribution in [-0.4, -0.2) is 24.1 Å². The monoisotopic (exact) mass is 236 g/mol. The highest BCUT2D eigenvalue weighted by Gasteiger charge is 2.17. The van der Waals surface area contributed by atoms with Crippen molar-refractivity contribution >= 4 is 11.9 Å². The molecule has 0 fully saturated rings. The van der Waals surface area contributed by atoms with E-state index in [1.807, 2.05) is 30.3 Å². The van der Waals surface area contributed by atoms with Gasteiger partial charge in [0, 0.05) is 6.42 Å². The van der Waals surface area contributed by atoms with Crippen LogP contribution in [0.15, 0.2) is 30.3 Å². The fourth-order valence-electron chi connectivity index (χ4n) is 1.50. The Hall–Kier alpha value is -1.88. The molecular formula is C12H16N2O3. The third-order valence-electron chi connectivity index (χ3n) is 2.31. The topological polar surface area (TPSA) is 72.6 Å². The summed E-state index contributed by atoms with van der Waals surface area (Å²) >= 11 is 0. The van der Waals surface area contributed by atoms with Crippen molar-refractivity contribution in [3.05, 3.63) is 35.9 Å². The summed E-state index contributed by atoms with van der Waals surface area (Å²) in [7, 11) is 1.24. The van der Waals surface area contributed by atoms with E-state index in [9.17, 15) is 9.59 Å². The number of carbonyl (C=O) groups excluding carboxylic acids is 2. The maximum atomic E-state index is 11.5. The van der Waals surface area contributed by atoms with Crippen LogP contribution in [0, 0.1) is 0 Å². The van der Waals surface area contributed by atoms with Gasteiger partial charge in [-0.2, -0.15) is 0 Å². The lowest BCUT2D eigenvalue weighted by Crippen LogP contribution is -2.39. The van der Waals surface area contributed by atoms with Crippen molar-refractivity contribution < 1.29 is 14.4 Å². The predicted octanol–water partition coefficient (Wildman–Crippen LogP) is 1.48. The summed E-state index contributed by atoms with van der Waals surface area (Å²) in [5.41, 5.74) is 6.13. The Morgan fingerprint density at radius 2 is 1.94 bits per heavy atom. The molecule has 1 aromatic rings. The van der Waals surface area contributed by atoms with Crippen molar-refractivity contribution in [1.29, 1.82) is 0 Å². The number of hydroxylamine groups is 2. The van der Waals surface area contributed by atoms with E-state index in [-0.39, 0.29) is 6.42 Å². The van der Waals surface area contributed by atoms with Crippen molar-refractivity contribution in [3.63, 3.8) is 0 Å². The highest BCUT2D eigenvalue weighted by Crippen LogP contribution is 2.06. The molecule has 0 radical (unpaired) electrons. The number of imide groups is 1. The third-order valence-corrected chi connectivity index (χ3v) is 2.31. The van der Waals surface area contributed by atoms with Gasteiger partial charge in [-0.05, 0) is 18.4 Å². The van der Waals surface area contributed by atoms with Crippen LogP contribution in [-0.2, 0) is 16.1 Å². The second-order valence-electron chi connectivity index (χ2n) is 3.55. The number of amides is 3. The van der Waals surface area contributed by atoms with Gasteiger partial charge in [0.25, 0.3) is 5.91 Å². The standard InChI is InChI=1S/C12H16N2O3/c1-17-14(12(13)16)11(15)9-5-8-10-6-3-2-4-7-10/h2-4,6-7H,5,8-9H2,1H3,(H2,13,16). The van der Waals surface area contributed by atoms with Gasteiger partial charge in [0.1, 0.15) is 0 Å². The molecule has 17 heavy (non-hydrogen) atoms. The molecule has 0 atom stereocenters. The first-order valence-corrected chi connectivity index (χ1v) is 5.35. The fourth-order valence-corrected chi connectivity index (χ4v) is 1.50. The summed E-state index contributed by atoms with van der Waals surface area (Å²) in [5.74, 6) is -0.420. The summed E-state index contributed by atoms with van der Waals surface area (Å²) in [6, 6.07) is 8.93. The number of aryl methyl sites for hydroxylation is 1. The van der Waals surface area contributed by atoms with Crippen LogP contribution in [0.1, 0.15) is 18.4 Å². The van der Waals surface area contributed by atoms with Crippen molar-refractivity contribution in [2.75, 3.05) is 7.11 Å². The number of carbonyl (C=O) groups is 2. The SMILES string of the molecule is CON(C(N)=O)C(=O)CCCc1ccccc1. The van der Waals surface area contributed by atoms with Crippen LogP contribution in [0.2, 0.25) is 0 Å². The molecule has 0 unspecified atom stereocenters. The van der Waals surface area contributed by atoms with E-state index in [1.165, 1.54) is 7.11 Å². The molecule has 92 valence electrons. The van der Waals surface area contributed by atoms with Crippen molar-refractivity contribution in [2.24, 2.45) is 5.73 Å². The Labute approximate surface area is 100 Å². The van der Waals surface area contributed by atoms with Gasteiger partial charge in [0.05, 0.1) is 7.11 Å². The third kappa shape index (κ3) is 4.24. The Balaban J connectivity index is 2.36. The Morgan fingerprint density at radius 3 is 2.47 bits per heavy atom. The number of benzene rings is 1. The van der Waals surface area contributed by atoms with Crippen LogP contribution in [0.4, 0.5) is 4.79 Å². The van der Waals surface area contributed by atoms with E-state index in [0.717, 1.165) is 12.0 Å². The highest BCUT2D eigenvalue weighted by atomic mass is 16.7. The molecule has 2 N–H and O–H groups in total. The summed E-state index contributed by atoms with van der Waals surface area (Å²) in [6.45, 7) is 0. The summed E-state index contributed by atoms with van der Waals surface area (Å²) in [5, 5.41) is 0.574. The van der Waals surface area contributed by atoms with Gasteiger partial charge in [-0.15, -0.1) is 5.06 Å². The average molecular weight is 236 g/mol. The van der Waals surface area contributed by atoms with Gasteiger partial charge in [0.15, 0.2) is 0 Å². The Kier molecular flexibility index (Phi) is 5.16. The van der Waals surface area contributed by atoms with E-state index in [1.54, 1.807) is 0 Å². The smallest absolute Gasteiger partial charge is 0.346 e. The maximum Gasteiger partial charge on any atom is 0.346 e. The molecule has 0 saturated carbocycles. The Bertz CT molecular complexity index is 379.